The van der Waals surface area contributed by atoms with Gasteiger partial charge in [-0.1, -0.05) is 31.4 Å². The van der Waals surface area contributed by atoms with Gasteiger partial charge in [0.05, 0.1) is 18.8 Å². The number of benzene rings is 1. The number of ether oxygens (including phenoxy) is 1. The summed E-state index contributed by atoms with van der Waals surface area (Å²) in [6.07, 6.45) is 4.90. The molecule has 6 nitrogen and oxygen atoms in total. The van der Waals surface area contributed by atoms with Crippen LogP contribution >= 0.6 is 0 Å². The number of nitrogens with zero attached hydrogens (tertiary/aromatic N) is 2. The molecular formula is C23H28N2O4. The lowest BCUT2D eigenvalue weighted by atomic mass is 9.81. The van der Waals surface area contributed by atoms with Crippen molar-refractivity contribution >= 4 is 22.8 Å². The Morgan fingerprint density at radius 3 is 2.62 bits per heavy atom. The highest BCUT2D eigenvalue weighted by molar-refractivity contribution is 5.89. The number of fused-ring (bicyclic) bond motifs is 1. The molecule has 1 aromatic carbocycles. The number of carbonyl (C=O) groups is 2. The number of aryl methyl sites for hydroxylation is 2. The number of nitriles is 1. The van der Waals surface area contributed by atoms with E-state index < -0.39 is 17.6 Å². The molecule has 0 N–H and O–H groups in total. The maximum absolute atomic E-state index is 12.8. The van der Waals surface area contributed by atoms with Crippen LogP contribution in [0.25, 0.3) is 11.0 Å². The van der Waals surface area contributed by atoms with Gasteiger partial charge < -0.3 is 14.1 Å². The van der Waals surface area contributed by atoms with Gasteiger partial charge in [0.15, 0.2) is 6.10 Å². The Morgan fingerprint density at radius 2 is 1.97 bits per heavy atom. The van der Waals surface area contributed by atoms with Crippen LogP contribution in [0.15, 0.2) is 22.8 Å². The van der Waals surface area contributed by atoms with Crippen LogP contribution in [0.4, 0.5) is 0 Å². The zero-order valence-electron chi connectivity index (χ0n) is 17.6. The Labute approximate surface area is 171 Å². The maximum Gasteiger partial charge on any atom is 0.311 e. The fourth-order valence-corrected chi connectivity index (χ4v) is 4.11. The number of esters is 1. The summed E-state index contributed by atoms with van der Waals surface area (Å²) in [5.74, 6) is -0.833. The Bertz CT molecular complexity index is 963. The first-order valence-electron chi connectivity index (χ1n) is 10.1. The Balaban J connectivity index is 1.67. The van der Waals surface area contributed by atoms with Crippen molar-refractivity contribution in [2.45, 2.75) is 70.9 Å². The summed E-state index contributed by atoms with van der Waals surface area (Å²) in [5, 5.41) is 10.6. The van der Waals surface area contributed by atoms with Gasteiger partial charge in [-0.25, -0.2) is 0 Å². The summed E-state index contributed by atoms with van der Waals surface area (Å²) in [5.41, 5.74) is 2.87. The van der Waals surface area contributed by atoms with Gasteiger partial charge >= 0.3 is 5.97 Å². The Morgan fingerprint density at radius 1 is 1.28 bits per heavy atom. The Hall–Kier alpha value is -2.81. The molecule has 1 saturated carbocycles. The van der Waals surface area contributed by atoms with Crippen molar-refractivity contribution < 1.29 is 18.7 Å². The van der Waals surface area contributed by atoms with Gasteiger partial charge in [-0.2, -0.15) is 5.26 Å². The molecule has 29 heavy (non-hydrogen) atoms. The van der Waals surface area contributed by atoms with E-state index in [0.717, 1.165) is 46.9 Å². The molecule has 154 valence electrons. The van der Waals surface area contributed by atoms with Crippen molar-refractivity contribution in [3.8, 4) is 6.07 Å². The molecule has 1 aromatic heterocycles. The quantitative estimate of drug-likeness (QED) is 0.707. The Kier molecular flexibility index (Phi) is 5.97. The lowest BCUT2D eigenvalue weighted by molar-refractivity contribution is -0.160. The normalized spacial score (nSPS) is 16.8. The molecule has 6 heteroatoms. The molecule has 0 radical (unpaired) electrons. The van der Waals surface area contributed by atoms with Crippen molar-refractivity contribution in [2.24, 2.45) is 0 Å². The lowest BCUT2D eigenvalue weighted by Gasteiger charge is -2.39. The van der Waals surface area contributed by atoms with Gasteiger partial charge in [0.2, 0.25) is 0 Å². The van der Waals surface area contributed by atoms with Gasteiger partial charge in [-0.05, 0) is 44.7 Å². The minimum Gasteiger partial charge on any atom is -0.464 e. The van der Waals surface area contributed by atoms with Crippen molar-refractivity contribution in [1.82, 2.24) is 4.90 Å². The highest BCUT2D eigenvalue weighted by Gasteiger charge is 2.40. The van der Waals surface area contributed by atoms with Crippen LogP contribution in [0.5, 0.6) is 0 Å². The van der Waals surface area contributed by atoms with E-state index >= 15 is 0 Å². The van der Waals surface area contributed by atoms with Crippen LogP contribution < -0.4 is 0 Å². The number of rotatable bonds is 5. The minimum absolute atomic E-state index is 0.0280. The smallest absolute Gasteiger partial charge is 0.311 e. The van der Waals surface area contributed by atoms with Crippen LogP contribution in [0, 0.1) is 25.2 Å². The lowest BCUT2D eigenvalue weighted by Crippen LogP contribution is -2.53. The fourth-order valence-electron chi connectivity index (χ4n) is 4.11. The number of amides is 1. The second kappa shape index (κ2) is 8.28. The van der Waals surface area contributed by atoms with Crippen molar-refractivity contribution in [3.63, 3.8) is 0 Å². The minimum atomic E-state index is -0.943. The predicted molar refractivity (Wildman–Crippen MR) is 109 cm³/mol. The van der Waals surface area contributed by atoms with Crippen LogP contribution in [-0.2, 0) is 20.7 Å². The summed E-state index contributed by atoms with van der Waals surface area (Å²) in [4.78, 5) is 26.8. The molecule has 1 aliphatic rings. The standard InChI is InChI=1S/C23H28N2O4/c1-15-8-9-19-18(13-28-21(19)16(15)2)12-20(26)29-17(3)22(27)25(4)23(14-24)10-6-5-7-11-23/h8-9,13,17H,5-7,10-12H2,1-4H3/t17-/m1/s1. The first-order valence-corrected chi connectivity index (χ1v) is 10.1. The molecule has 0 unspecified atom stereocenters. The zero-order valence-corrected chi connectivity index (χ0v) is 17.6. The van der Waals surface area contributed by atoms with Crippen molar-refractivity contribution in [3.05, 3.63) is 35.1 Å². The third-order valence-corrected chi connectivity index (χ3v) is 6.19. The third kappa shape index (κ3) is 4.00. The number of hydrogen-bond donors (Lipinski definition) is 0. The van der Waals surface area contributed by atoms with Gasteiger partial charge in [-0.15, -0.1) is 0 Å². The molecule has 3 rings (SSSR count). The second-order valence-electron chi connectivity index (χ2n) is 8.06. The van der Waals surface area contributed by atoms with E-state index in [1.54, 1.807) is 20.2 Å². The molecule has 0 bridgehead atoms. The summed E-state index contributed by atoms with van der Waals surface area (Å²) in [7, 11) is 1.63. The molecule has 1 aliphatic carbocycles. The highest BCUT2D eigenvalue weighted by atomic mass is 16.5. The second-order valence-corrected chi connectivity index (χ2v) is 8.06. The predicted octanol–water partition coefficient (Wildman–Crippen LogP) is 4.21. The van der Waals surface area contributed by atoms with Gasteiger partial charge in [0.1, 0.15) is 11.1 Å². The first kappa shape index (κ1) is 20.9. The summed E-state index contributed by atoms with van der Waals surface area (Å²) >= 11 is 0. The molecule has 1 fully saturated rings. The van der Waals surface area contributed by atoms with E-state index in [-0.39, 0.29) is 12.3 Å². The van der Waals surface area contributed by atoms with Crippen molar-refractivity contribution in [2.75, 3.05) is 7.05 Å². The van der Waals surface area contributed by atoms with Crippen molar-refractivity contribution in [1.29, 1.82) is 5.26 Å². The van der Waals surface area contributed by atoms with E-state index in [2.05, 4.69) is 6.07 Å². The van der Waals surface area contributed by atoms with Crippen LogP contribution in [0.2, 0.25) is 0 Å². The molecule has 0 aliphatic heterocycles. The molecule has 0 saturated heterocycles. The fraction of sp³-hybridized carbons (Fsp3) is 0.522. The monoisotopic (exact) mass is 396 g/mol. The van der Waals surface area contributed by atoms with Crippen LogP contribution in [0.1, 0.15) is 55.7 Å². The molecular weight excluding hydrogens is 368 g/mol. The summed E-state index contributed by atoms with van der Waals surface area (Å²) in [6, 6.07) is 6.26. The number of likely N-dealkylation sites (N-methyl/N-ethyl adjacent to an activating group) is 1. The van der Waals surface area contributed by atoms with Gasteiger partial charge in [0.25, 0.3) is 5.91 Å². The number of furan rings is 1. The number of hydrogen-bond acceptors (Lipinski definition) is 5. The largest absolute Gasteiger partial charge is 0.464 e. The molecule has 1 heterocycles. The van der Waals surface area contributed by atoms with Gasteiger partial charge in [-0.3, -0.25) is 9.59 Å². The highest BCUT2D eigenvalue weighted by Crippen LogP contribution is 2.33. The van der Waals surface area contributed by atoms with E-state index in [9.17, 15) is 14.9 Å². The molecule has 1 amide bonds. The zero-order chi connectivity index (χ0) is 21.2. The van der Waals surface area contributed by atoms with E-state index in [1.807, 2.05) is 26.0 Å². The molecule has 0 spiro atoms. The molecule has 2 aromatic rings. The maximum atomic E-state index is 12.8. The van der Waals surface area contributed by atoms with E-state index in [1.165, 1.54) is 4.90 Å². The summed E-state index contributed by atoms with van der Waals surface area (Å²) < 4.78 is 11.0. The van der Waals surface area contributed by atoms with E-state index in [4.69, 9.17) is 9.15 Å². The topological polar surface area (TPSA) is 83.5 Å². The summed E-state index contributed by atoms with van der Waals surface area (Å²) in [6.45, 7) is 5.55. The van der Waals surface area contributed by atoms with E-state index in [0.29, 0.717) is 12.8 Å². The average molecular weight is 396 g/mol. The first-order chi connectivity index (χ1) is 13.8. The van der Waals surface area contributed by atoms with Crippen LogP contribution in [0.3, 0.4) is 0 Å². The third-order valence-electron chi connectivity index (χ3n) is 6.19. The molecule has 1 atom stereocenters. The van der Waals surface area contributed by atoms with Gasteiger partial charge in [0, 0.05) is 18.0 Å². The number of carbonyl (C=O) groups excluding carboxylic acids is 2. The SMILES string of the molecule is Cc1ccc2c(CC(=O)O[C@H](C)C(=O)N(C)C3(C#N)CCCCC3)coc2c1C. The van der Waals surface area contributed by atoms with Crippen LogP contribution in [-0.4, -0.2) is 35.5 Å². The average Bonchev–Trinajstić information content (AvgIpc) is 3.13.